The largest absolute Gasteiger partial charge is 0.356 e. The van der Waals surface area contributed by atoms with Gasteiger partial charge in [-0.1, -0.05) is 30.3 Å². The van der Waals surface area contributed by atoms with E-state index in [1.54, 1.807) is 0 Å². The summed E-state index contributed by atoms with van der Waals surface area (Å²) in [5, 5.41) is 3.46. The Morgan fingerprint density at radius 3 is 2.57 bits per heavy atom. The van der Waals surface area contributed by atoms with Crippen LogP contribution in [0, 0.1) is 0 Å². The highest BCUT2D eigenvalue weighted by atomic mass is 15.3. The van der Waals surface area contributed by atoms with Crippen molar-refractivity contribution in [2.75, 3.05) is 40.3 Å². The molecule has 116 valence electrons. The van der Waals surface area contributed by atoms with Crippen molar-refractivity contribution < 1.29 is 0 Å². The number of guanidine groups is 1. The molecule has 0 unspecified atom stereocenters. The molecular formula is C17H28N4. The second kappa shape index (κ2) is 8.67. The van der Waals surface area contributed by atoms with Crippen molar-refractivity contribution in [2.24, 2.45) is 4.99 Å². The van der Waals surface area contributed by atoms with Crippen LogP contribution in [0.25, 0.3) is 0 Å². The molecule has 0 atom stereocenters. The average molecular weight is 288 g/mol. The molecule has 1 aliphatic rings. The summed E-state index contributed by atoms with van der Waals surface area (Å²) in [6.45, 7) is 5.48. The predicted octanol–water partition coefficient (Wildman–Crippen LogP) is 2.18. The summed E-state index contributed by atoms with van der Waals surface area (Å²) in [7, 11) is 4.08. The number of benzene rings is 1. The molecule has 0 bridgehead atoms. The molecule has 1 aliphatic heterocycles. The third kappa shape index (κ3) is 5.76. The van der Waals surface area contributed by atoms with E-state index in [9.17, 15) is 0 Å². The first-order valence-corrected chi connectivity index (χ1v) is 7.97. The van der Waals surface area contributed by atoms with Crippen LogP contribution in [0.4, 0.5) is 0 Å². The zero-order valence-corrected chi connectivity index (χ0v) is 13.4. The molecule has 1 aromatic rings. The van der Waals surface area contributed by atoms with Crippen LogP contribution < -0.4 is 5.32 Å². The third-order valence-electron chi connectivity index (χ3n) is 3.81. The van der Waals surface area contributed by atoms with E-state index in [1.165, 1.54) is 44.5 Å². The second-order valence-electron chi connectivity index (χ2n) is 5.85. The second-order valence-corrected chi connectivity index (χ2v) is 5.85. The van der Waals surface area contributed by atoms with Crippen LogP contribution in [0.15, 0.2) is 35.3 Å². The van der Waals surface area contributed by atoms with Crippen molar-refractivity contribution in [3.63, 3.8) is 0 Å². The molecule has 1 saturated heterocycles. The minimum absolute atomic E-state index is 0.730. The van der Waals surface area contributed by atoms with E-state index in [-0.39, 0.29) is 0 Å². The van der Waals surface area contributed by atoms with Gasteiger partial charge in [0, 0.05) is 20.6 Å². The lowest BCUT2D eigenvalue weighted by Crippen LogP contribution is -2.38. The number of hydrogen-bond donors (Lipinski definition) is 1. The normalized spacial score (nSPS) is 16.2. The first-order valence-electron chi connectivity index (χ1n) is 7.97. The Morgan fingerprint density at radius 2 is 1.90 bits per heavy atom. The molecule has 1 N–H and O–H groups in total. The van der Waals surface area contributed by atoms with Crippen LogP contribution in [-0.2, 0) is 6.54 Å². The molecule has 0 aromatic heterocycles. The van der Waals surface area contributed by atoms with Crippen molar-refractivity contribution in [3.05, 3.63) is 35.9 Å². The highest BCUT2D eigenvalue weighted by molar-refractivity contribution is 5.79. The number of likely N-dealkylation sites (tertiary alicyclic amines) is 1. The van der Waals surface area contributed by atoms with E-state index in [4.69, 9.17) is 0 Å². The van der Waals surface area contributed by atoms with Gasteiger partial charge in [-0.05, 0) is 44.5 Å². The molecule has 1 aromatic carbocycles. The van der Waals surface area contributed by atoms with E-state index < -0.39 is 0 Å². The number of nitrogens with zero attached hydrogens (tertiary/aromatic N) is 3. The van der Waals surface area contributed by atoms with Gasteiger partial charge in [-0.3, -0.25) is 0 Å². The van der Waals surface area contributed by atoms with E-state index >= 15 is 0 Å². The van der Waals surface area contributed by atoms with Gasteiger partial charge in [0.05, 0.1) is 6.54 Å². The highest BCUT2D eigenvalue weighted by Gasteiger charge is 2.10. The molecule has 2 rings (SSSR count). The fraction of sp³-hybridized carbons (Fsp3) is 0.588. The van der Waals surface area contributed by atoms with Gasteiger partial charge >= 0.3 is 0 Å². The van der Waals surface area contributed by atoms with Gasteiger partial charge in [0.1, 0.15) is 0 Å². The first-order chi connectivity index (χ1) is 10.3. The average Bonchev–Trinajstić information content (AvgIpc) is 3.00. The van der Waals surface area contributed by atoms with Crippen LogP contribution in [0.1, 0.15) is 24.8 Å². The zero-order valence-electron chi connectivity index (χ0n) is 13.4. The first kappa shape index (κ1) is 15.8. The van der Waals surface area contributed by atoms with Gasteiger partial charge in [0.25, 0.3) is 0 Å². The smallest absolute Gasteiger partial charge is 0.193 e. The lowest BCUT2D eigenvalue weighted by atomic mass is 10.2. The molecule has 0 aliphatic carbocycles. The maximum atomic E-state index is 4.68. The molecule has 4 nitrogen and oxygen atoms in total. The third-order valence-corrected chi connectivity index (χ3v) is 3.81. The molecule has 0 spiro atoms. The molecular weight excluding hydrogens is 260 g/mol. The van der Waals surface area contributed by atoms with E-state index in [1.807, 2.05) is 20.2 Å². The number of aliphatic imine (C=N–C) groups is 1. The highest BCUT2D eigenvalue weighted by Crippen LogP contribution is 2.07. The van der Waals surface area contributed by atoms with Gasteiger partial charge in [0.15, 0.2) is 5.96 Å². The Bertz CT molecular complexity index is 422. The lowest BCUT2D eigenvalue weighted by Gasteiger charge is -2.19. The summed E-state index contributed by atoms with van der Waals surface area (Å²) < 4.78 is 0. The SMILES string of the molecule is CN(C)C(=NCc1ccccc1)NCCCN1CCCC1. The fourth-order valence-corrected chi connectivity index (χ4v) is 2.61. The van der Waals surface area contributed by atoms with Gasteiger partial charge in [-0.15, -0.1) is 0 Å². The molecule has 0 amide bonds. The Kier molecular flexibility index (Phi) is 6.54. The summed E-state index contributed by atoms with van der Waals surface area (Å²) in [5.74, 6) is 0.972. The molecule has 21 heavy (non-hydrogen) atoms. The Morgan fingerprint density at radius 1 is 1.19 bits per heavy atom. The number of nitrogens with one attached hydrogen (secondary N) is 1. The zero-order chi connectivity index (χ0) is 14.9. The summed E-state index contributed by atoms with van der Waals surface area (Å²) in [4.78, 5) is 9.29. The predicted molar refractivity (Wildman–Crippen MR) is 89.6 cm³/mol. The van der Waals surface area contributed by atoms with Crippen LogP contribution in [0.2, 0.25) is 0 Å². The monoisotopic (exact) mass is 288 g/mol. The van der Waals surface area contributed by atoms with E-state index in [2.05, 4.69) is 44.4 Å². The molecule has 0 radical (unpaired) electrons. The Labute approximate surface area is 128 Å². The van der Waals surface area contributed by atoms with Crippen molar-refractivity contribution in [1.29, 1.82) is 0 Å². The van der Waals surface area contributed by atoms with Crippen LogP contribution in [0.5, 0.6) is 0 Å². The summed E-state index contributed by atoms with van der Waals surface area (Å²) >= 11 is 0. The molecule has 0 saturated carbocycles. The lowest BCUT2D eigenvalue weighted by molar-refractivity contribution is 0.333. The Balaban J connectivity index is 1.73. The maximum absolute atomic E-state index is 4.68. The summed E-state index contributed by atoms with van der Waals surface area (Å²) in [6, 6.07) is 10.4. The maximum Gasteiger partial charge on any atom is 0.193 e. The van der Waals surface area contributed by atoms with Crippen LogP contribution >= 0.6 is 0 Å². The van der Waals surface area contributed by atoms with Crippen molar-refractivity contribution >= 4 is 5.96 Å². The van der Waals surface area contributed by atoms with Crippen molar-refractivity contribution in [2.45, 2.75) is 25.8 Å². The van der Waals surface area contributed by atoms with Gasteiger partial charge in [-0.25, -0.2) is 4.99 Å². The number of rotatable bonds is 6. The topological polar surface area (TPSA) is 30.9 Å². The summed E-state index contributed by atoms with van der Waals surface area (Å²) in [5.41, 5.74) is 1.25. The summed E-state index contributed by atoms with van der Waals surface area (Å²) in [6.07, 6.45) is 3.92. The Hall–Kier alpha value is -1.55. The fourth-order valence-electron chi connectivity index (χ4n) is 2.61. The van der Waals surface area contributed by atoms with Gasteiger partial charge in [-0.2, -0.15) is 0 Å². The van der Waals surface area contributed by atoms with E-state index in [0.717, 1.165) is 19.0 Å². The quantitative estimate of drug-likeness (QED) is 0.494. The number of hydrogen-bond acceptors (Lipinski definition) is 2. The van der Waals surface area contributed by atoms with E-state index in [0.29, 0.717) is 0 Å². The molecule has 1 fully saturated rings. The minimum Gasteiger partial charge on any atom is -0.356 e. The van der Waals surface area contributed by atoms with Gasteiger partial charge in [0.2, 0.25) is 0 Å². The van der Waals surface area contributed by atoms with Crippen molar-refractivity contribution in [1.82, 2.24) is 15.1 Å². The van der Waals surface area contributed by atoms with Crippen LogP contribution in [-0.4, -0.2) is 56.0 Å². The molecule has 4 heteroatoms. The van der Waals surface area contributed by atoms with Gasteiger partial charge < -0.3 is 15.1 Å². The minimum atomic E-state index is 0.730. The van der Waals surface area contributed by atoms with Crippen molar-refractivity contribution in [3.8, 4) is 0 Å². The van der Waals surface area contributed by atoms with Crippen LogP contribution in [0.3, 0.4) is 0 Å². The molecule has 1 heterocycles. The standard InChI is InChI=1S/C17H28N4/c1-20(2)17(19-15-16-9-4-3-5-10-16)18-11-8-14-21-12-6-7-13-21/h3-5,9-10H,6-8,11-15H2,1-2H3,(H,18,19).